The summed E-state index contributed by atoms with van der Waals surface area (Å²) >= 11 is 0. The van der Waals surface area contributed by atoms with E-state index in [2.05, 4.69) is 29.4 Å². The molecule has 108 valence electrons. The van der Waals surface area contributed by atoms with Crippen LogP contribution < -0.4 is 10.9 Å². The van der Waals surface area contributed by atoms with Gasteiger partial charge in [0.25, 0.3) is 5.56 Å². The number of anilines is 1. The molecule has 1 atom stereocenters. The Morgan fingerprint density at radius 2 is 2.20 bits per heavy atom. The molecule has 0 aliphatic heterocycles. The number of aromatic nitrogens is 4. The van der Waals surface area contributed by atoms with Crippen molar-refractivity contribution in [2.75, 3.05) is 11.9 Å². The Balaban J connectivity index is 2.14. The van der Waals surface area contributed by atoms with E-state index in [-0.39, 0.29) is 5.56 Å². The molecule has 2 aromatic heterocycles. The second kappa shape index (κ2) is 6.36. The summed E-state index contributed by atoms with van der Waals surface area (Å²) in [5.74, 6) is 0. The van der Waals surface area contributed by atoms with E-state index in [4.69, 9.17) is 0 Å². The number of hydrogen-bond acceptors (Lipinski definition) is 4. The molecule has 0 saturated heterocycles. The average molecular weight is 275 g/mol. The van der Waals surface area contributed by atoms with Gasteiger partial charge in [0.1, 0.15) is 0 Å². The lowest BCUT2D eigenvalue weighted by atomic mass is 10.3. The molecule has 0 aliphatic rings. The largest absolute Gasteiger partial charge is 0.384 e. The second-order valence-electron chi connectivity index (χ2n) is 4.81. The van der Waals surface area contributed by atoms with Gasteiger partial charge in [-0.15, -0.1) is 0 Å². The van der Waals surface area contributed by atoms with Crippen LogP contribution in [0, 0.1) is 0 Å². The maximum atomic E-state index is 11.9. The fourth-order valence-electron chi connectivity index (χ4n) is 1.90. The van der Waals surface area contributed by atoms with Gasteiger partial charge >= 0.3 is 0 Å². The van der Waals surface area contributed by atoms with Crippen molar-refractivity contribution in [1.29, 1.82) is 0 Å². The molecule has 1 N–H and O–H groups in total. The van der Waals surface area contributed by atoms with Gasteiger partial charge in [-0.05, 0) is 26.3 Å². The first-order valence-electron chi connectivity index (χ1n) is 6.99. The summed E-state index contributed by atoms with van der Waals surface area (Å²) in [6.45, 7) is 7.39. The maximum Gasteiger partial charge on any atom is 0.269 e. The zero-order valence-electron chi connectivity index (χ0n) is 12.2. The van der Waals surface area contributed by atoms with Crippen LogP contribution in [-0.4, -0.2) is 26.1 Å². The first kappa shape index (κ1) is 14.3. The van der Waals surface area contributed by atoms with Gasteiger partial charge < -0.3 is 5.32 Å². The van der Waals surface area contributed by atoms with Gasteiger partial charge in [0.15, 0.2) is 0 Å². The van der Waals surface area contributed by atoms with Crippen molar-refractivity contribution >= 4 is 5.69 Å². The highest BCUT2D eigenvalue weighted by Crippen LogP contribution is 2.09. The van der Waals surface area contributed by atoms with Crippen molar-refractivity contribution in [3.8, 4) is 0 Å². The van der Waals surface area contributed by atoms with Crippen LogP contribution in [0.25, 0.3) is 0 Å². The van der Waals surface area contributed by atoms with Crippen LogP contribution in [0.5, 0.6) is 0 Å². The molecule has 1 unspecified atom stereocenters. The monoisotopic (exact) mass is 275 g/mol. The van der Waals surface area contributed by atoms with Crippen molar-refractivity contribution < 1.29 is 0 Å². The average Bonchev–Trinajstić information content (AvgIpc) is 2.90. The normalized spacial score (nSPS) is 12.3. The molecule has 0 bridgehead atoms. The molecule has 2 heterocycles. The highest BCUT2D eigenvalue weighted by atomic mass is 16.1. The number of nitrogens with zero attached hydrogens (tertiary/aromatic N) is 4. The van der Waals surface area contributed by atoms with E-state index >= 15 is 0 Å². The predicted octanol–water partition coefficient (Wildman–Crippen LogP) is 1.89. The van der Waals surface area contributed by atoms with Crippen molar-refractivity contribution in [2.24, 2.45) is 0 Å². The van der Waals surface area contributed by atoms with Crippen LogP contribution in [0.1, 0.15) is 38.9 Å². The van der Waals surface area contributed by atoms with Crippen LogP contribution in [0.4, 0.5) is 5.69 Å². The van der Waals surface area contributed by atoms with Gasteiger partial charge in [-0.3, -0.25) is 9.48 Å². The first-order chi connectivity index (χ1) is 9.63. The number of rotatable bonds is 6. The molecule has 0 amide bonds. The van der Waals surface area contributed by atoms with Gasteiger partial charge in [0.05, 0.1) is 24.1 Å². The second-order valence-corrected chi connectivity index (χ2v) is 4.81. The highest BCUT2D eigenvalue weighted by Gasteiger charge is 2.07. The predicted molar refractivity (Wildman–Crippen MR) is 79.0 cm³/mol. The minimum atomic E-state index is -0.124. The van der Waals surface area contributed by atoms with Gasteiger partial charge in [-0.2, -0.15) is 10.2 Å². The Morgan fingerprint density at radius 1 is 1.40 bits per heavy atom. The fourth-order valence-corrected chi connectivity index (χ4v) is 1.90. The molecule has 0 saturated carbocycles. The minimum Gasteiger partial charge on any atom is -0.384 e. The Kier molecular flexibility index (Phi) is 4.55. The SMILES string of the molecule is CCNc1cnn(Cc2ccn(C(C)CC)n2)c(=O)c1. The zero-order chi connectivity index (χ0) is 14.5. The summed E-state index contributed by atoms with van der Waals surface area (Å²) in [4.78, 5) is 11.9. The molecular weight excluding hydrogens is 254 g/mol. The molecule has 0 fully saturated rings. The Hall–Kier alpha value is -2.11. The summed E-state index contributed by atoms with van der Waals surface area (Å²) in [5.41, 5.74) is 1.47. The zero-order valence-corrected chi connectivity index (χ0v) is 12.2. The summed E-state index contributed by atoms with van der Waals surface area (Å²) in [5, 5.41) is 11.7. The van der Waals surface area contributed by atoms with E-state index in [9.17, 15) is 4.79 Å². The van der Waals surface area contributed by atoms with Crippen LogP contribution in [0.3, 0.4) is 0 Å². The molecule has 0 radical (unpaired) electrons. The molecule has 20 heavy (non-hydrogen) atoms. The fraction of sp³-hybridized carbons (Fsp3) is 0.500. The summed E-state index contributed by atoms with van der Waals surface area (Å²) < 4.78 is 3.34. The molecule has 0 aromatic carbocycles. The molecule has 0 aliphatic carbocycles. The Morgan fingerprint density at radius 3 is 2.85 bits per heavy atom. The third-order valence-corrected chi connectivity index (χ3v) is 3.27. The maximum absolute atomic E-state index is 11.9. The lowest BCUT2D eigenvalue weighted by molar-refractivity contribution is 0.470. The van der Waals surface area contributed by atoms with Crippen LogP contribution in [-0.2, 0) is 6.54 Å². The van der Waals surface area contributed by atoms with E-state index in [1.807, 2.05) is 23.9 Å². The topological polar surface area (TPSA) is 64.7 Å². The number of nitrogens with one attached hydrogen (secondary N) is 1. The van der Waals surface area contributed by atoms with Crippen molar-refractivity contribution in [3.05, 3.63) is 40.6 Å². The van der Waals surface area contributed by atoms with E-state index in [1.165, 1.54) is 4.68 Å². The number of hydrogen-bond donors (Lipinski definition) is 1. The van der Waals surface area contributed by atoms with Gasteiger partial charge in [-0.25, -0.2) is 4.68 Å². The smallest absolute Gasteiger partial charge is 0.269 e. The Labute approximate surface area is 118 Å². The van der Waals surface area contributed by atoms with Crippen molar-refractivity contribution in [2.45, 2.75) is 39.8 Å². The quantitative estimate of drug-likeness (QED) is 0.874. The molecule has 2 aromatic rings. The molecular formula is C14H21N5O. The van der Waals surface area contributed by atoms with E-state index in [0.29, 0.717) is 12.6 Å². The standard InChI is InChI=1S/C14H21N5O/c1-4-11(3)18-7-6-12(17-18)10-19-14(20)8-13(9-16-19)15-5-2/h6-9,11,15H,4-5,10H2,1-3H3. The molecule has 0 spiro atoms. The Bertz CT molecular complexity index is 616. The highest BCUT2D eigenvalue weighted by molar-refractivity contribution is 5.38. The van der Waals surface area contributed by atoms with Crippen molar-refractivity contribution in [1.82, 2.24) is 19.6 Å². The minimum absolute atomic E-state index is 0.124. The lowest BCUT2D eigenvalue weighted by Crippen LogP contribution is -2.23. The molecule has 6 heteroatoms. The van der Waals surface area contributed by atoms with E-state index in [0.717, 1.165) is 24.3 Å². The third kappa shape index (κ3) is 3.26. The van der Waals surface area contributed by atoms with Gasteiger partial charge in [-0.1, -0.05) is 6.92 Å². The summed E-state index contributed by atoms with van der Waals surface area (Å²) in [6, 6.07) is 3.85. The van der Waals surface area contributed by atoms with Gasteiger partial charge in [0, 0.05) is 24.8 Å². The van der Waals surface area contributed by atoms with Gasteiger partial charge in [0.2, 0.25) is 0 Å². The van der Waals surface area contributed by atoms with Crippen LogP contribution >= 0.6 is 0 Å². The first-order valence-corrected chi connectivity index (χ1v) is 6.99. The van der Waals surface area contributed by atoms with E-state index in [1.54, 1.807) is 12.3 Å². The molecule has 2 rings (SSSR count). The lowest BCUT2D eigenvalue weighted by Gasteiger charge is -2.08. The van der Waals surface area contributed by atoms with Crippen LogP contribution in [0.2, 0.25) is 0 Å². The summed E-state index contributed by atoms with van der Waals surface area (Å²) in [7, 11) is 0. The van der Waals surface area contributed by atoms with Crippen molar-refractivity contribution in [3.63, 3.8) is 0 Å². The van der Waals surface area contributed by atoms with Crippen LogP contribution in [0.15, 0.2) is 29.3 Å². The third-order valence-electron chi connectivity index (χ3n) is 3.27. The summed E-state index contributed by atoms with van der Waals surface area (Å²) in [6.07, 6.45) is 4.63. The molecule has 6 nitrogen and oxygen atoms in total. The van der Waals surface area contributed by atoms with E-state index < -0.39 is 0 Å².